The van der Waals surface area contributed by atoms with Crippen LogP contribution in [0.25, 0.3) is 0 Å². The third kappa shape index (κ3) is 4.10. The third-order valence-electron chi connectivity index (χ3n) is 4.59. The molecule has 126 valence electrons. The van der Waals surface area contributed by atoms with Crippen LogP contribution in [0, 0.1) is 0 Å². The third-order valence-corrected chi connectivity index (χ3v) is 4.59. The standard InChI is InChI=1S/C18H26N2O3/c1-3-17-11-20(12-18(23-17)8-9-22-13-18)10-15-4-6-16(7-5-15)19-14(2)21/h4-7,17H,3,8-13H2,1-2H3,(H,19,21)/t17-,18+/m0/s1. The molecular formula is C18H26N2O3. The molecule has 1 aromatic rings. The number of hydrogen-bond acceptors (Lipinski definition) is 4. The lowest BCUT2D eigenvalue weighted by atomic mass is 9.98. The first-order chi connectivity index (χ1) is 11.1. The average Bonchev–Trinajstić information content (AvgIpc) is 2.95. The molecule has 0 bridgehead atoms. The number of amides is 1. The SMILES string of the molecule is CC[C@H]1CN(Cc2ccc(NC(C)=O)cc2)C[C@@]2(CCOC2)O1. The second-order valence-electron chi connectivity index (χ2n) is 6.68. The number of carbonyl (C=O) groups excluding carboxylic acids is 1. The molecular weight excluding hydrogens is 292 g/mol. The first kappa shape index (κ1) is 16.4. The van der Waals surface area contributed by atoms with Crippen LogP contribution < -0.4 is 5.32 Å². The van der Waals surface area contributed by atoms with E-state index >= 15 is 0 Å². The predicted octanol–water partition coefficient (Wildman–Crippen LogP) is 2.41. The zero-order chi connectivity index (χ0) is 16.3. The van der Waals surface area contributed by atoms with E-state index in [0.29, 0.717) is 6.61 Å². The highest BCUT2D eigenvalue weighted by Gasteiger charge is 2.43. The number of ether oxygens (including phenoxy) is 2. The summed E-state index contributed by atoms with van der Waals surface area (Å²) in [6, 6.07) is 8.09. The van der Waals surface area contributed by atoms with E-state index in [1.807, 2.05) is 12.1 Å². The van der Waals surface area contributed by atoms with Crippen molar-refractivity contribution in [3.63, 3.8) is 0 Å². The molecule has 5 nitrogen and oxygen atoms in total. The Labute approximate surface area is 137 Å². The van der Waals surface area contributed by atoms with Crippen LogP contribution in [0.2, 0.25) is 0 Å². The summed E-state index contributed by atoms with van der Waals surface area (Å²) in [5, 5.41) is 2.80. The Morgan fingerprint density at radius 2 is 2.17 bits per heavy atom. The van der Waals surface area contributed by atoms with Crippen molar-refractivity contribution in [1.29, 1.82) is 0 Å². The highest BCUT2D eigenvalue weighted by atomic mass is 16.6. The number of morpholine rings is 1. The maximum absolute atomic E-state index is 11.1. The van der Waals surface area contributed by atoms with Gasteiger partial charge in [-0.15, -0.1) is 0 Å². The number of nitrogens with zero attached hydrogens (tertiary/aromatic N) is 1. The molecule has 0 radical (unpaired) electrons. The van der Waals surface area contributed by atoms with Crippen LogP contribution in [0.5, 0.6) is 0 Å². The quantitative estimate of drug-likeness (QED) is 0.926. The monoisotopic (exact) mass is 318 g/mol. The molecule has 2 atom stereocenters. The van der Waals surface area contributed by atoms with Gasteiger partial charge in [-0.3, -0.25) is 9.69 Å². The first-order valence-corrected chi connectivity index (χ1v) is 8.43. The van der Waals surface area contributed by atoms with Gasteiger partial charge < -0.3 is 14.8 Å². The molecule has 1 aromatic carbocycles. The number of nitrogens with one attached hydrogen (secondary N) is 1. The largest absolute Gasteiger partial charge is 0.378 e. The second-order valence-corrected chi connectivity index (χ2v) is 6.68. The van der Waals surface area contributed by atoms with Gasteiger partial charge >= 0.3 is 0 Å². The number of rotatable bonds is 4. The summed E-state index contributed by atoms with van der Waals surface area (Å²) in [6.45, 7) is 8.01. The van der Waals surface area contributed by atoms with Gasteiger partial charge in [-0.05, 0) is 24.1 Å². The molecule has 0 saturated carbocycles. The van der Waals surface area contributed by atoms with Crippen LogP contribution in [0.1, 0.15) is 32.3 Å². The van der Waals surface area contributed by atoms with E-state index in [-0.39, 0.29) is 17.6 Å². The maximum Gasteiger partial charge on any atom is 0.221 e. The van der Waals surface area contributed by atoms with E-state index in [9.17, 15) is 4.79 Å². The molecule has 2 fully saturated rings. The van der Waals surface area contributed by atoms with Crippen LogP contribution in [0.4, 0.5) is 5.69 Å². The molecule has 5 heteroatoms. The van der Waals surface area contributed by atoms with Crippen molar-refractivity contribution < 1.29 is 14.3 Å². The molecule has 2 aliphatic heterocycles. The van der Waals surface area contributed by atoms with E-state index < -0.39 is 0 Å². The minimum absolute atomic E-state index is 0.0418. The van der Waals surface area contributed by atoms with Crippen molar-refractivity contribution in [2.75, 3.05) is 31.6 Å². The summed E-state index contributed by atoms with van der Waals surface area (Å²) in [7, 11) is 0. The summed E-state index contributed by atoms with van der Waals surface area (Å²) < 4.78 is 11.9. The lowest BCUT2D eigenvalue weighted by molar-refractivity contribution is -0.156. The second kappa shape index (κ2) is 6.99. The lowest BCUT2D eigenvalue weighted by Crippen LogP contribution is -2.55. The topological polar surface area (TPSA) is 50.8 Å². The van der Waals surface area contributed by atoms with E-state index in [0.717, 1.165) is 44.8 Å². The summed E-state index contributed by atoms with van der Waals surface area (Å²) in [6.07, 6.45) is 2.30. The molecule has 3 rings (SSSR count). The van der Waals surface area contributed by atoms with E-state index in [1.165, 1.54) is 12.5 Å². The van der Waals surface area contributed by atoms with Gasteiger partial charge in [0.15, 0.2) is 0 Å². The summed E-state index contributed by atoms with van der Waals surface area (Å²) in [5.41, 5.74) is 1.98. The van der Waals surface area contributed by atoms with Gasteiger partial charge in [-0.2, -0.15) is 0 Å². The van der Waals surface area contributed by atoms with Crippen molar-refractivity contribution in [3.8, 4) is 0 Å². The van der Waals surface area contributed by atoms with E-state index in [2.05, 4.69) is 29.3 Å². The fraction of sp³-hybridized carbons (Fsp3) is 0.611. The fourth-order valence-corrected chi connectivity index (χ4v) is 3.48. The molecule has 1 spiro atoms. The zero-order valence-electron chi connectivity index (χ0n) is 14.0. The van der Waals surface area contributed by atoms with Crippen LogP contribution in [0.15, 0.2) is 24.3 Å². The maximum atomic E-state index is 11.1. The smallest absolute Gasteiger partial charge is 0.221 e. The molecule has 23 heavy (non-hydrogen) atoms. The van der Waals surface area contributed by atoms with Crippen molar-refractivity contribution in [2.24, 2.45) is 0 Å². The summed E-state index contributed by atoms with van der Waals surface area (Å²) >= 11 is 0. The lowest BCUT2D eigenvalue weighted by Gasteiger charge is -2.43. The number of carbonyl (C=O) groups is 1. The molecule has 1 amide bonds. The van der Waals surface area contributed by atoms with Crippen molar-refractivity contribution in [1.82, 2.24) is 4.90 Å². The zero-order valence-corrected chi connectivity index (χ0v) is 14.0. The van der Waals surface area contributed by atoms with Crippen molar-refractivity contribution in [3.05, 3.63) is 29.8 Å². The Morgan fingerprint density at radius 3 is 2.78 bits per heavy atom. The van der Waals surface area contributed by atoms with Gasteiger partial charge in [0.25, 0.3) is 0 Å². The van der Waals surface area contributed by atoms with Gasteiger partial charge in [0.1, 0.15) is 5.60 Å². The molecule has 2 aliphatic rings. The van der Waals surface area contributed by atoms with Crippen LogP contribution in [-0.4, -0.2) is 48.8 Å². The number of benzene rings is 1. The highest BCUT2D eigenvalue weighted by molar-refractivity contribution is 5.88. The predicted molar refractivity (Wildman–Crippen MR) is 89.4 cm³/mol. The normalized spacial score (nSPS) is 28.2. The number of hydrogen-bond donors (Lipinski definition) is 1. The van der Waals surface area contributed by atoms with Crippen molar-refractivity contribution >= 4 is 11.6 Å². The van der Waals surface area contributed by atoms with Crippen LogP contribution in [0.3, 0.4) is 0 Å². The molecule has 2 heterocycles. The van der Waals surface area contributed by atoms with Crippen molar-refractivity contribution in [2.45, 2.75) is 44.9 Å². The van der Waals surface area contributed by atoms with Crippen LogP contribution >= 0.6 is 0 Å². The molecule has 0 aliphatic carbocycles. The molecule has 1 N–H and O–H groups in total. The van der Waals surface area contributed by atoms with E-state index in [4.69, 9.17) is 9.47 Å². The molecule has 0 unspecified atom stereocenters. The van der Waals surface area contributed by atoms with E-state index in [1.54, 1.807) is 0 Å². The van der Waals surface area contributed by atoms with Gasteiger partial charge in [0, 0.05) is 45.3 Å². The van der Waals surface area contributed by atoms with Crippen LogP contribution in [-0.2, 0) is 20.8 Å². The Bertz CT molecular complexity index is 538. The Morgan fingerprint density at radius 1 is 1.39 bits per heavy atom. The first-order valence-electron chi connectivity index (χ1n) is 8.43. The Balaban J connectivity index is 1.65. The van der Waals surface area contributed by atoms with Gasteiger partial charge in [-0.25, -0.2) is 0 Å². The Kier molecular flexibility index (Phi) is 4.99. The summed E-state index contributed by atoms with van der Waals surface area (Å²) in [4.78, 5) is 13.6. The highest BCUT2D eigenvalue weighted by Crippen LogP contribution is 2.31. The molecule has 0 aromatic heterocycles. The fourth-order valence-electron chi connectivity index (χ4n) is 3.48. The van der Waals surface area contributed by atoms with Gasteiger partial charge in [-0.1, -0.05) is 19.1 Å². The summed E-state index contributed by atoms with van der Waals surface area (Å²) in [5.74, 6) is -0.0418. The average molecular weight is 318 g/mol. The van der Waals surface area contributed by atoms with Gasteiger partial charge in [0.2, 0.25) is 5.91 Å². The minimum atomic E-state index is -0.116. The van der Waals surface area contributed by atoms with Gasteiger partial charge in [0.05, 0.1) is 12.7 Å². The molecule has 2 saturated heterocycles. The number of anilines is 1. The minimum Gasteiger partial charge on any atom is -0.378 e. The Hall–Kier alpha value is -1.43.